The molecule has 1 aliphatic carbocycles. The monoisotopic (exact) mass is 385 g/mol. The lowest BCUT2D eigenvalue weighted by Crippen LogP contribution is -2.39. The zero-order chi connectivity index (χ0) is 19.3. The van der Waals surface area contributed by atoms with Gasteiger partial charge in [0.2, 0.25) is 5.95 Å². The highest BCUT2D eigenvalue weighted by Gasteiger charge is 2.25. The van der Waals surface area contributed by atoms with Gasteiger partial charge in [0.05, 0.1) is 11.8 Å². The van der Waals surface area contributed by atoms with Crippen molar-refractivity contribution in [1.82, 2.24) is 24.8 Å². The summed E-state index contributed by atoms with van der Waals surface area (Å²) in [4.78, 5) is 26.2. The molecule has 0 unspecified atom stereocenters. The number of aromatic nitrogens is 4. The summed E-state index contributed by atoms with van der Waals surface area (Å²) in [5.74, 6) is 0.621. The number of carbonyl (C=O) groups excluding carboxylic acids is 1. The number of ether oxygens (including phenoxy) is 2. The highest BCUT2D eigenvalue weighted by Crippen LogP contribution is 2.26. The average Bonchev–Trinajstić information content (AvgIpc) is 3.30. The van der Waals surface area contributed by atoms with E-state index in [1.165, 1.54) is 0 Å². The van der Waals surface area contributed by atoms with E-state index in [-0.39, 0.29) is 17.9 Å². The van der Waals surface area contributed by atoms with Crippen LogP contribution in [0.2, 0.25) is 0 Å². The Hall–Kier alpha value is -2.32. The van der Waals surface area contributed by atoms with Crippen LogP contribution in [0.4, 0.5) is 0 Å². The summed E-state index contributed by atoms with van der Waals surface area (Å²) in [6.45, 7) is 1.44. The van der Waals surface area contributed by atoms with Crippen molar-refractivity contribution in [2.24, 2.45) is 0 Å². The maximum atomic E-state index is 12.9. The van der Waals surface area contributed by atoms with Gasteiger partial charge in [0, 0.05) is 44.7 Å². The zero-order valence-electron chi connectivity index (χ0n) is 16.2. The minimum absolute atomic E-state index is 0.141. The van der Waals surface area contributed by atoms with E-state index in [1.807, 2.05) is 6.07 Å². The number of rotatable bonds is 5. The maximum absolute atomic E-state index is 12.9. The topological polar surface area (TPSA) is 91.2 Å². The summed E-state index contributed by atoms with van der Waals surface area (Å²) < 4.78 is 12.6. The van der Waals surface area contributed by atoms with E-state index in [0.717, 1.165) is 57.4 Å². The van der Waals surface area contributed by atoms with E-state index in [2.05, 4.69) is 15.3 Å². The molecule has 1 aliphatic heterocycles. The zero-order valence-corrected chi connectivity index (χ0v) is 16.2. The van der Waals surface area contributed by atoms with Gasteiger partial charge in [-0.1, -0.05) is 0 Å². The van der Waals surface area contributed by atoms with Crippen molar-refractivity contribution in [3.63, 3.8) is 0 Å². The molecule has 0 radical (unpaired) electrons. The molecule has 1 amide bonds. The Morgan fingerprint density at radius 2 is 1.96 bits per heavy atom. The van der Waals surface area contributed by atoms with Crippen molar-refractivity contribution in [2.45, 2.75) is 56.6 Å². The first kappa shape index (κ1) is 19.0. The lowest BCUT2D eigenvalue weighted by Gasteiger charge is -2.28. The molecule has 4 rings (SSSR count). The van der Waals surface area contributed by atoms with Crippen LogP contribution >= 0.6 is 0 Å². The molecule has 8 nitrogen and oxygen atoms in total. The summed E-state index contributed by atoms with van der Waals surface area (Å²) in [5.41, 5.74) is 1.31. The predicted molar refractivity (Wildman–Crippen MR) is 102 cm³/mol. The van der Waals surface area contributed by atoms with Crippen LogP contribution in [-0.2, 0) is 9.47 Å². The van der Waals surface area contributed by atoms with Gasteiger partial charge in [0.1, 0.15) is 12.0 Å². The second-order valence-electron chi connectivity index (χ2n) is 7.52. The molecule has 0 aromatic carbocycles. The molecule has 150 valence electrons. The third-order valence-corrected chi connectivity index (χ3v) is 5.68. The second kappa shape index (κ2) is 8.79. The van der Waals surface area contributed by atoms with E-state index in [1.54, 1.807) is 30.4 Å². The minimum Gasteiger partial charge on any atom is -0.381 e. The van der Waals surface area contributed by atoms with Crippen LogP contribution in [0.25, 0.3) is 5.95 Å². The summed E-state index contributed by atoms with van der Waals surface area (Å²) in [6.07, 6.45) is 11.0. The van der Waals surface area contributed by atoms with Gasteiger partial charge < -0.3 is 14.8 Å². The van der Waals surface area contributed by atoms with Crippen LogP contribution in [-0.4, -0.2) is 57.9 Å². The Labute approximate surface area is 164 Å². The predicted octanol–water partition coefficient (Wildman–Crippen LogP) is 2.24. The fourth-order valence-corrected chi connectivity index (χ4v) is 3.97. The average molecular weight is 385 g/mol. The number of carbonyl (C=O) groups is 1. The molecular weight excluding hydrogens is 358 g/mol. The SMILES string of the molecule is COC1CCC(NC(=O)c2cc(C3CCOCC3)nc(-n3ccnc3)n2)CC1. The number of nitrogens with one attached hydrogen (secondary N) is 1. The van der Waals surface area contributed by atoms with Crippen molar-refractivity contribution in [2.75, 3.05) is 20.3 Å². The molecule has 28 heavy (non-hydrogen) atoms. The first-order valence-electron chi connectivity index (χ1n) is 10.0. The number of nitrogens with zero attached hydrogens (tertiary/aromatic N) is 4. The van der Waals surface area contributed by atoms with Gasteiger partial charge in [-0.15, -0.1) is 0 Å². The van der Waals surface area contributed by atoms with E-state index >= 15 is 0 Å². The van der Waals surface area contributed by atoms with Crippen LogP contribution in [0.5, 0.6) is 0 Å². The number of methoxy groups -OCH3 is 1. The first-order chi connectivity index (χ1) is 13.7. The number of hydrogen-bond donors (Lipinski definition) is 1. The van der Waals surface area contributed by atoms with Crippen LogP contribution in [0, 0.1) is 0 Å². The Bertz CT molecular complexity index is 781. The lowest BCUT2D eigenvalue weighted by molar-refractivity contribution is 0.0598. The summed E-state index contributed by atoms with van der Waals surface area (Å²) >= 11 is 0. The van der Waals surface area contributed by atoms with Gasteiger partial charge in [0.25, 0.3) is 5.91 Å². The third kappa shape index (κ3) is 4.39. The normalized spacial score (nSPS) is 23.5. The van der Waals surface area contributed by atoms with E-state index < -0.39 is 0 Å². The molecule has 1 N–H and O–H groups in total. The van der Waals surface area contributed by atoms with E-state index in [9.17, 15) is 4.79 Å². The molecule has 3 heterocycles. The van der Waals surface area contributed by atoms with Crippen LogP contribution in [0.15, 0.2) is 24.8 Å². The molecule has 2 fully saturated rings. The Balaban J connectivity index is 1.54. The molecule has 2 aromatic rings. The summed E-state index contributed by atoms with van der Waals surface area (Å²) in [7, 11) is 1.75. The summed E-state index contributed by atoms with van der Waals surface area (Å²) in [6, 6.07) is 2.00. The highest BCUT2D eigenvalue weighted by atomic mass is 16.5. The first-order valence-corrected chi connectivity index (χ1v) is 10.0. The van der Waals surface area contributed by atoms with Gasteiger partial charge >= 0.3 is 0 Å². The molecule has 0 bridgehead atoms. The van der Waals surface area contributed by atoms with Crippen molar-refractivity contribution >= 4 is 5.91 Å². The van der Waals surface area contributed by atoms with Crippen LogP contribution in [0.3, 0.4) is 0 Å². The van der Waals surface area contributed by atoms with Gasteiger partial charge in [-0.05, 0) is 44.6 Å². The minimum atomic E-state index is -0.141. The lowest BCUT2D eigenvalue weighted by atomic mass is 9.92. The van der Waals surface area contributed by atoms with Crippen molar-refractivity contribution in [3.8, 4) is 5.95 Å². The van der Waals surface area contributed by atoms with Gasteiger partial charge in [-0.25, -0.2) is 15.0 Å². The molecule has 1 saturated heterocycles. The molecule has 0 atom stereocenters. The van der Waals surface area contributed by atoms with Gasteiger partial charge in [0.15, 0.2) is 0 Å². The van der Waals surface area contributed by atoms with E-state index in [4.69, 9.17) is 14.5 Å². The Kier molecular flexibility index (Phi) is 5.97. The van der Waals surface area contributed by atoms with Crippen LogP contribution < -0.4 is 5.32 Å². The van der Waals surface area contributed by atoms with Crippen molar-refractivity contribution in [1.29, 1.82) is 0 Å². The second-order valence-corrected chi connectivity index (χ2v) is 7.52. The smallest absolute Gasteiger partial charge is 0.270 e. The maximum Gasteiger partial charge on any atom is 0.270 e. The molecule has 1 saturated carbocycles. The van der Waals surface area contributed by atoms with Crippen molar-refractivity contribution < 1.29 is 14.3 Å². The van der Waals surface area contributed by atoms with Gasteiger partial charge in [-0.2, -0.15) is 0 Å². The van der Waals surface area contributed by atoms with Gasteiger partial charge in [-0.3, -0.25) is 9.36 Å². The van der Waals surface area contributed by atoms with E-state index in [0.29, 0.717) is 17.7 Å². The Morgan fingerprint density at radius 3 is 2.64 bits per heavy atom. The molecule has 2 aliphatic rings. The largest absolute Gasteiger partial charge is 0.381 e. The fourth-order valence-electron chi connectivity index (χ4n) is 3.97. The number of imidazole rings is 1. The third-order valence-electron chi connectivity index (χ3n) is 5.68. The quantitative estimate of drug-likeness (QED) is 0.849. The number of amides is 1. The molecular formula is C20H27N5O3. The summed E-state index contributed by atoms with van der Waals surface area (Å²) in [5, 5.41) is 3.15. The number of hydrogen-bond acceptors (Lipinski definition) is 6. The van der Waals surface area contributed by atoms with Crippen LogP contribution in [0.1, 0.15) is 60.6 Å². The van der Waals surface area contributed by atoms with Crippen molar-refractivity contribution in [3.05, 3.63) is 36.2 Å². The Morgan fingerprint density at radius 1 is 1.18 bits per heavy atom. The standard InChI is InChI=1S/C20H27N5O3/c1-27-16-4-2-15(3-5-16)22-19(26)18-12-17(14-6-10-28-11-7-14)23-20(24-18)25-9-8-21-13-25/h8-9,12-16H,2-7,10-11H2,1H3,(H,22,26). The fraction of sp³-hybridized carbons (Fsp3) is 0.600. The molecule has 8 heteroatoms. The molecule has 0 spiro atoms. The highest BCUT2D eigenvalue weighted by molar-refractivity contribution is 5.92. The molecule has 2 aromatic heterocycles.